The molecule has 0 unspecified atom stereocenters. The van der Waals surface area contributed by atoms with Gasteiger partial charge >= 0.3 is 0 Å². The van der Waals surface area contributed by atoms with Crippen LogP contribution in [0.4, 0.5) is 17.2 Å². The molecule has 2 heterocycles. The molecule has 0 atom stereocenters. The Morgan fingerprint density at radius 2 is 1.93 bits per heavy atom. The predicted octanol–water partition coefficient (Wildman–Crippen LogP) is 2.99. The van der Waals surface area contributed by atoms with Crippen molar-refractivity contribution < 1.29 is 4.92 Å². The van der Waals surface area contributed by atoms with E-state index in [4.69, 9.17) is 0 Å². The molecule has 0 amide bonds. The van der Waals surface area contributed by atoms with Crippen molar-refractivity contribution in [2.24, 2.45) is 0 Å². The van der Waals surface area contributed by atoms with E-state index in [9.17, 15) is 10.1 Å². The second-order valence-electron chi connectivity index (χ2n) is 7.09. The van der Waals surface area contributed by atoms with Gasteiger partial charge in [-0.05, 0) is 24.5 Å². The molecule has 0 aliphatic carbocycles. The number of aromatic nitrogens is 2. The van der Waals surface area contributed by atoms with Crippen molar-refractivity contribution in [3.05, 3.63) is 64.5 Å². The van der Waals surface area contributed by atoms with Crippen molar-refractivity contribution in [3.8, 4) is 0 Å². The first-order valence-corrected chi connectivity index (χ1v) is 9.89. The summed E-state index contributed by atoms with van der Waals surface area (Å²) < 4.78 is 0. The highest BCUT2D eigenvalue weighted by atomic mass is 16.6. The molecule has 1 saturated heterocycles. The fourth-order valence-corrected chi connectivity index (χ4v) is 3.67. The maximum absolute atomic E-state index is 11.7. The number of aryl methyl sites for hydroxylation is 1. The van der Waals surface area contributed by atoms with E-state index in [-0.39, 0.29) is 10.6 Å². The lowest BCUT2D eigenvalue weighted by Gasteiger charge is -2.29. The third-order valence-electron chi connectivity index (χ3n) is 5.16. The van der Waals surface area contributed by atoms with Gasteiger partial charge in [-0.1, -0.05) is 30.3 Å². The highest BCUT2D eigenvalue weighted by Gasteiger charge is 2.23. The molecular weight excluding hydrogens is 368 g/mol. The van der Waals surface area contributed by atoms with Gasteiger partial charge < -0.3 is 15.5 Å². The molecular formula is C21H24N6O2. The predicted molar refractivity (Wildman–Crippen MR) is 115 cm³/mol. The lowest BCUT2D eigenvalue weighted by molar-refractivity contribution is -0.384. The molecule has 1 fully saturated rings. The van der Waals surface area contributed by atoms with Gasteiger partial charge in [-0.3, -0.25) is 10.1 Å². The van der Waals surface area contributed by atoms with Gasteiger partial charge in [0.15, 0.2) is 0 Å². The van der Waals surface area contributed by atoms with Crippen LogP contribution in [-0.2, 0) is 6.42 Å². The number of hydrogen-bond donors (Lipinski definition) is 2. The Morgan fingerprint density at radius 1 is 1.14 bits per heavy atom. The van der Waals surface area contributed by atoms with Crippen LogP contribution >= 0.6 is 0 Å². The molecule has 3 aromatic rings. The third kappa shape index (κ3) is 4.43. The van der Waals surface area contributed by atoms with Crippen molar-refractivity contribution >= 4 is 28.1 Å². The molecule has 1 aromatic heterocycles. The minimum Gasteiger partial charge on any atom is -0.369 e. The summed E-state index contributed by atoms with van der Waals surface area (Å²) in [5.41, 5.74) is 2.72. The second-order valence-corrected chi connectivity index (χ2v) is 7.09. The number of nitrogens with one attached hydrogen (secondary N) is 2. The van der Waals surface area contributed by atoms with Gasteiger partial charge in [-0.15, -0.1) is 0 Å². The Bertz CT molecular complexity index is 989. The van der Waals surface area contributed by atoms with Crippen LogP contribution in [0, 0.1) is 10.1 Å². The van der Waals surface area contributed by atoms with Gasteiger partial charge in [0.05, 0.1) is 10.4 Å². The Hall–Kier alpha value is -3.26. The van der Waals surface area contributed by atoms with Crippen LogP contribution in [0.15, 0.2) is 48.8 Å². The molecule has 0 saturated carbocycles. The van der Waals surface area contributed by atoms with Crippen LogP contribution in [0.1, 0.15) is 12.0 Å². The first kappa shape index (κ1) is 19.1. The monoisotopic (exact) mass is 392 g/mol. The zero-order valence-corrected chi connectivity index (χ0v) is 16.2. The third-order valence-corrected chi connectivity index (χ3v) is 5.16. The lowest BCUT2D eigenvalue weighted by atomic mass is 10.1. The van der Waals surface area contributed by atoms with Crippen molar-refractivity contribution in [2.45, 2.75) is 12.8 Å². The maximum atomic E-state index is 11.7. The molecule has 0 spiro atoms. The number of anilines is 2. The van der Waals surface area contributed by atoms with Gasteiger partial charge in [-0.25, -0.2) is 9.97 Å². The summed E-state index contributed by atoms with van der Waals surface area (Å²) in [4.78, 5) is 22.2. The largest absolute Gasteiger partial charge is 0.369 e. The van der Waals surface area contributed by atoms with Crippen LogP contribution in [0.3, 0.4) is 0 Å². The minimum atomic E-state index is -0.316. The molecule has 4 rings (SSSR count). The minimum absolute atomic E-state index is 0.0986. The highest BCUT2D eigenvalue weighted by Crippen LogP contribution is 2.34. The molecule has 2 N–H and O–H groups in total. The van der Waals surface area contributed by atoms with E-state index in [1.165, 1.54) is 11.9 Å². The van der Waals surface area contributed by atoms with Gasteiger partial charge in [0.25, 0.3) is 5.69 Å². The molecule has 1 aliphatic heterocycles. The Morgan fingerprint density at radius 3 is 2.69 bits per heavy atom. The zero-order valence-electron chi connectivity index (χ0n) is 16.2. The number of benzene rings is 2. The molecule has 0 radical (unpaired) electrons. The van der Waals surface area contributed by atoms with E-state index in [2.05, 4.69) is 32.7 Å². The summed E-state index contributed by atoms with van der Waals surface area (Å²) in [6.07, 6.45) is 3.41. The van der Waals surface area contributed by atoms with E-state index in [1.807, 2.05) is 29.2 Å². The summed E-state index contributed by atoms with van der Waals surface area (Å²) >= 11 is 0. The van der Waals surface area contributed by atoms with Crippen LogP contribution < -0.4 is 15.5 Å². The standard InChI is InChI=1S/C21H24N6O2/c28-27(29)20-13-17-18(14-19(20)26-11-9-22-10-12-26)24-15-25-21(17)23-8-4-7-16-5-2-1-3-6-16/h1-3,5-6,13-15,22H,4,7-12H2,(H,23,24,25). The quantitative estimate of drug-likeness (QED) is 0.362. The Labute approximate surface area is 169 Å². The number of rotatable bonds is 7. The Kier molecular flexibility index (Phi) is 5.81. The fraction of sp³-hybridized carbons (Fsp3) is 0.333. The van der Waals surface area contributed by atoms with E-state index < -0.39 is 0 Å². The first-order valence-electron chi connectivity index (χ1n) is 9.89. The number of hydrogen-bond acceptors (Lipinski definition) is 7. The summed E-state index contributed by atoms with van der Waals surface area (Å²) in [5.74, 6) is 0.637. The molecule has 8 nitrogen and oxygen atoms in total. The van der Waals surface area contributed by atoms with Gasteiger partial charge in [0, 0.05) is 44.2 Å². The van der Waals surface area contributed by atoms with Crippen LogP contribution in [-0.4, -0.2) is 47.6 Å². The van der Waals surface area contributed by atoms with Gasteiger partial charge in [0.1, 0.15) is 17.8 Å². The van der Waals surface area contributed by atoms with Crippen molar-refractivity contribution in [2.75, 3.05) is 42.9 Å². The molecule has 8 heteroatoms. The van der Waals surface area contributed by atoms with E-state index >= 15 is 0 Å². The summed E-state index contributed by atoms with van der Waals surface area (Å²) in [6, 6.07) is 13.7. The Balaban J connectivity index is 1.55. The maximum Gasteiger partial charge on any atom is 0.293 e. The number of nitro groups is 1. The number of fused-ring (bicyclic) bond motifs is 1. The van der Waals surface area contributed by atoms with Crippen LogP contribution in [0.5, 0.6) is 0 Å². The molecule has 2 aromatic carbocycles. The first-order chi connectivity index (χ1) is 14.2. The number of nitrogens with zero attached hydrogens (tertiary/aromatic N) is 4. The zero-order chi connectivity index (χ0) is 20.1. The van der Waals surface area contributed by atoms with Crippen LogP contribution in [0.2, 0.25) is 0 Å². The van der Waals surface area contributed by atoms with E-state index in [1.54, 1.807) is 6.07 Å². The van der Waals surface area contributed by atoms with Crippen molar-refractivity contribution in [3.63, 3.8) is 0 Å². The molecule has 0 bridgehead atoms. The number of piperazine rings is 1. The van der Waals surface area contributed by atoms with Crippen LogP contribution in [0.25, 0.3) is 10.9 Å². The summed E-state index contributed by atoms with van der Waals surface area (Å²) in [6.45, 7) is 3.83. The lowest BCUT2D eigenvalue weighted by Crippen LogP contribution is -2.43. The summed E-state index contributed by atoms with van der Waals surface area (Å²) in [7, 11) is 0. The number of nitro benzene ring substituents is 1. The van der Waals surface area contributed by atoms with Gasteiger partial charge in [0.2, 0.25) is 0 Å². The van der Waals surface area contributed by atoms with E-state index in [0.717, 1.165) is 45.6 Å². The van der Waals surface area contributed by atoms with E-state index in [0.29, 0.717) is 22.4 Å². The summed E-state index contributed by atoms with van der Waals surface area (Å²) in [5, 5.41) is 19.0. The second kappa shape index (κ2) is 8.83. The molecule has 29 heavy (non-hydrogen) atoms. The normalized spacial score (nSPS) is 14.1. The molecule has 1 aliphatic rings. The molecule has 150 valence electrons. The SMILES string of the molecule is O=[N+]([O-])c1cc2c(NCCCc3ccccc3)ncnc2cc1N1CCNCC1. The average Bonchev–Trinajstić information content (AvgIpc) is 2.77. The highest BCUT2D eigenvalue weighted by molar-refractivity contribution is 5.94. The smallest absolute Gasteiger partial charge is 0.293 e. The van der Waals surface area contributed by atoms with Crippen molar-refractivity contribution in [1.82, 2.24) is 15.3 Å². The average molecular weight is 392 g/mol. The van der Waals surface area contributed by atoms with Gasteiger partial charge in [-0.2, -0.15) is 0 Å². The topological polar surface area (TPSA) is 96.2 Å². The van der Waals surface area contributed by atoms with Crippen molar-refractivity contribution in [1.29, 1.82) is 0 Å². The fourth-order valence-electron chi connectivity index (χ4n) is 3.67.